The first kappa shape index (κ1) is 23.2. The van der Waals surface area contributed by atoms with Crippen molar-refractivity contribution in [1.82, 2.24) is 24.7 Å². The lowest BCUT2D eigenvalue weighted by atomic mass is 10.1. The molecule has 0 amide bonds. The maximum atomic E-state index is 14.7. The second-order valence-corrected chi connectivity index (χ2v) is 10.1. The molecular weight excluding hydrogens is 454 g/mol. The van der Waals surface area contributed by atoms with Gasteiger partial charge in [-0.1, -0.05) is 13.0 Å². The minimum absolute atomic E-state index is 0.219. The standard InChI is InChI=1S/C21H24F2N6O3S/c1-12-9-24-19(25-10-12)13(2)14(3)33(30,31)28-21-27-26-20(15-7-8-32-11-15)29(21)18-16(22)5-4-6-17(18)23/h4-6,9-10,13-15H,7-8,11H2,1-3H3,(H,27,28)/t13?,14?,15-/m0/s1. The number of aromatic nitrogens is 5. The average Bonchev–Trinajstić information content (AvgIpc) is 3.43. The first-order chi connectivity index (χ1) is 15.7. The summed E-state index contributed by atoms with van der Waals surface area (Å²) in [5, 5.41) is 7.02. The summed E-state index contributed by atoms with van der Waals surface area (Å²) < 4.78 is 64.6. The Hall–Kier alpha value is -2.99. The van der Waals surface area contributed by atoms with Crippen molar-refractivity contribution in [2.45, 2.75) is 44.3 Å². The number of nitrogens with one attached hydrogen (secondary N) is 1. The van der Waals surface area contributed by atoms with E-state index in [-0.39, 0.29) is 17.7 Å². The van der Waals surface area contributed by atoms with E-state index in [0.29, 0.717) is 25.5 Å². The molecule has 1 aliphatic rings. The highest BCUT2D eigenvalue weighted by molar-refractivity contribution is 7.93. The fourth-order valence-corrected chi connectivity index (χ4v) is 4.86. The maximum absolute atomic E-state index is 14.7. The molecule has 0 radical (unpaired) electrons. The molecule has 1 aliphatic heterocycles. The predicted molar refractivity (Wildman–Crippen MR) is 117 cm³/mol. The van der Waals surface area contributed by atoms with Crippen LogP contribution in [0.4, 0.5) is 14.7 Å². The largest absolute Gasteiger partial charge is 0.381 e. The van der Waals surface area contributed by atoms with Gasteiger partial charge in [-0.15, -0.1) is 10.2 Å². The topological polar surface area (TPSA) is 112 Å². The molecule has 12 heteroatoms. The second-order valence-electron chi connectivity index (χ2n) is 8.11. The van der Waals surface area contributed by atoms with Gasteiger partial charge in [0.05, 0.1) is 11.9 Å². The van der Waals surface area contributed by atoms with Gasteiger partial charge in [0.2, 0.25) is 16.0 Å². The Morgan fingerprint density at radius 2 is 1.82 bits per heavy atom. The van der Waals surface area contributed by atoms with E-state index in [9.17, 15) is 17.2 Å². The van der Waals surface area contributed by atoms with Gasteiger partial charge < -0.3 is 4.74 Å². The second kappa shape index (κ2) is 9.10. The summed E-state index contributed by atoms with van der Waals surface area (Å²) in [6.45, 7) is 5.78. The van der Waals surface area contributed by atoms with Gasteiger partial charge in [-0.2, -0.15) is 0 Å². The first-order valence-corrected chi connectivity index (χ1v) is 12.0. The number of aryl methyl sites for hydroxylation is 1. The molecule has 33 heavy (non-hydrogen) atoms. The lowest BCUT2D eigenvalue weighted by molar-refractivity contribution is 0.193. The van der Waals surface area contributed by atoms with Crippen molar-refractivity contribution in [1.29, 1.82) is 0 Å². The number of hydrogen-bond acceptors (Lipinski definition) is 7. The van der Waals surface area contributed by atoms with Crippen molar-refractivity contribution in [3.8, 4) is 5.69 Å². The minimum Gasteiger partial charge on any atom is -0.381 e. The van der Waals surface area contributed by atoms with Crippen LogP contribution in [-0.4, -0.2) is 51.6 Å². The highest BCUT2D eigenvalue weighted by atomic mass is 32.2. The number of rotatable bonds is 7. The summed E-state index contributed by atoms with van der Waals surface area (Å²) in [5.74, 6) is -2.31. The number of sulfonamides is 1. The molecule has 9 nitrogen and oxygen atoms in total. The number of hydrogen-bond donors (Lipinski definition) is 1. The van der Waals surface area contributed by atoms with E-state index < -0.39 is 38.5 Å². The van der Waals surface area contributed by atoms with Crippen molar-refractivity contribution in [2.24, 2.45) is 0 Å². The molecule has 2 unspecified atom stereocenters. The lowest BCUT2D eigenvalue weighted by Gasteiger charge is -2.21. The molecule has 3 heterocycles. The molecule has 0 spiro atoms. The molecule has 1 aromatic carbocycles. The van der Waals surface area contributed by atoms with Crippen molar-refractivity contribution >= 4 is 16.0 Å². The summed E-state index contributed by atoms with van der Waals surface area (Å²) in [5.41, 5.74) is 0.396. The smallest absolute Gasteiger partial charge is 0.243 e. The fourth-order valence-electron chi connectivity index (χ4n) is 3.62. The Morgan fingerprint density at radius 3 is 2.42 bits per heavy atom. The summed E-state index contributed by atoms with van der Waals surface area (Å²) in [4.78, 5) is 8.43. The van der Waals surface area contributed by atoms with Crippen LogP contribution in [0.2, 0.25) is 0 Å². The predicted octanol–water partition coefficient (Wildman–Crippen LogP) is 3.08. The zero-order chi connectivity index (χ0) is 23.8. The van der Waals surface area contributed by atoms with Gasteiger partial charge in [0.25, 0.3) is 0 Å². The number of ether oxygens (including phenoxy) is 1. The van der Waals surface area contributed by atoms with E-state index in [1.165, 1.54) is 13.0 Å². The van der Waals surface area contributed by atoms with Gasteiger partial charge in [-0.25, -0.2) is 27.2 Å². The maximum Gasteiger partial charge on any atom is 0.243 e. The number of nitrogens with zero attached hydrogens (tertiary/aromatic N) is 5. The van der Waals surface area contributed by atoms with Crippen molar-refractivity contribution in [3.63, 3.8) is 0 Å². The van der Waals surface area contributed by atoms with Crippen LogP contribution in [0.5, 0.6) is 0 Å². The van der Waals surface area contributed by atoms with Crippen molar-refractivity contribution in [3.05, 3.63) is 59.4 Å². The summed E-state index contributed by atoms with van der Waals surface area (Å²) in [6, 6.07) is 3.40. The Kier molecular flexibility index (Phi) is 6.39. The van der Waals surface area contributed by atoms with Crippen LogP contribution in [0.3, 0.4) is 0 Å². The van der Waals surface area contributed by atoms with Crippen molar-refractivity contribution in [2.75, 3.05) is 17.9 Å². The molecule has 4 rings (SSSR count). The van der Waals surface area contributed by atoms with Crippen LogP contribution < -0.4 is 4.72 Å². The molecule has 1 saturated heterocycles. The first-order valence-electron chi connectivity index (χ1n) is 10.5. The zero-order valence-electron chi connectivity index (χ0n) is 18.4. The SMILES string of the molecule is Cc1cnc(C(C)C(C)S(=O)(=O)Nc2nnc([C@H]3CCOC3)n2-c2c(F)cccc2F)nc1. The molecule has 0 aliphatic carbocycles. The highest BCUT2D eigenvalue weighted by Gasteiger charge is 2.34. The van der Waals surface area contributed by atoms with Crippen LogP contribution >= 0.6 is 0 Å². The van der Waals surface area contributed by atoms with E-state index in [2.05, 4.69) is 24.9 Å². The third-order valence-corrected chi connectivity index (χ3v) is 7.63. The third-order valence-electron chi connectivity index (χ3n) is 5.78. The fraction of sp³-hybridized carbons (Fsp3) is 0.429. The molecule has 1 N–H and O–H groups in total. The summed E-state index contributed by atoms with van der Waals surface area (Å²) >= 11 is 0. The molecule has 1 fully saturated rings. The Labute approximate surface area is 190 Å². The lowest BCUT2D eigenvalue weighted by Crippen LogP contribution is -2.31. The van der Waals surface area contributed by atoms with E-state index >= 15 is 0 Å². The monoisotopic (exact) mass is 478 g/mol. The molecule has 2 aromatic heterocycles. The van der Waals surface area contributed by atoms with Crippen molar-refractivity contribution < 1.29 is 21.9 Å². The van der Waals surface area contributed by atoms with E-state index in [0.717, 1.165) is 22.3 Å². The summed E-state index contributed by atoms with van der Waals surface area (Å²) in [7, 11) is -4.07. The summed E-state index contributed by atoms with van der Waals surface area (Å²) in [6.07, 6.45) is 3.79. The highest BCUT2D eigenvalue weighted by Crippen LogP contribution is 2.32. The Morgan fingerprint density at radius 1 is 1.15 bits per heavy atom. The van der Waals surface area contributed by atoms with Crippen LogP contribution in [-0.2, 0) is 14.8 Å². The zero-order valence-corrected chi connectivity index (χ0v) is 19.2. The molecular formula is C21H24F2N6O3S. The minimum atomic E-state index is -4.07. The normalized spacial score (nSPS) is 18.3. The molecule has 176 valence electrons. The number of benzene rings is 1. The van der Waals surface area contributed by atoms with Crippen LogP contribution in [0, 0.1) is 18.6 Å². The number of para-hydroxylation sites is 1. The van der Waals surface area contributed by atoms with Gasteiger partial charge in [0.1, 0.15) is 29.0 Å². The van der Waals surface area contributed by atoms with E-state index in [1.54, 1.807) is 19.3 Å². The van der Waals surface area contributed by atoms with Gasteiger partial charge >= 0.3 is 0 Å². The van der Waals surface area contributed by atoms with Gasteiger partial charge in [-0.3, -0.25) is 9.29 Å². The third kappa shape index (κ3) is 4.58. The van der Waals surface area contributed by atoms with Gasteiger partial charge in [0, 0.05) is 30.8 Å². The van der Waals surface area contributed by atoms with E-state index in [1.807, 2.05) is 6.92 Å². The Bertz CT molecular complexity index is 1220. The Balaban J connectivity index is 1.72. The quantitative estimate of drug-likeness (QED) is 0.555. The van der Waals surface area contributed by atoms with Gasteiger partial charge in [-0.05, 0) is 38.0 Å². The average molecular weight is 479 g/mol. The van der Waals surface area contributed by atoms with Gasteiger partial charge in [0.15, 0.2) is 0 Å². The molecule has 3 aromatic rings. The number of anilines is 1. The molecule has 0 bridgehead atoms. The van der Waals surface area contributed by atoms with Crippen LogP contribution in [0.1, 0.15) is 49.3 Å². The molecule has 0 saturated carbocycles. The van der Waals surface area contributed by atoms with Crippen LogP contribution in [0.25, 0.3) is 5.69 Å². The van der Waals surface area contributed by atoms with Crippen LogP contribution in [0.15, 0.2) is 30.6 Å². The number of halogens is 2. The molecule has 3 atom stereocenters. The van der Waals surface area contributed by atoms with E-state index in [4.69, 9.17) is 4.74 Å².